The van der Waals surface area contributed by atoms with Crippen molar-refractivity contribution in [1.29, 1.82) is 0 Å². The van der Waals surface area contributed by atoms with Gasteiger partial charge in [-0.1, -0.05) is 23.0 Å². The molecule has 30 heavy (non-hydrogen) atoms. The fraction of sp³-hybridized carbons (Fsp3) is 0.238. The normalized spacial score (nSPS) is 11.1. The number of hydrogen-bond donors (Lipinski definition) is 0. The van der Waals surface area contributed by atoms with Crippen LogP contribution >= 0.6 is 11.8 Å². The Kier molecular flexibility index (Phi) is 5.45. The summed E-state index contributed by atoms with van der Waals surface area (Å²) in [6, 6.07) is 11.3. The minimum atomic E-state index is 0.0137. The first-order chi connectivity index (χ1) is 14.5. The van der Waals surface area contributed by atoms with Crippen molar-refractivity contribution in [3.63, 3.8) is 0 Å². The molecular weight excluding hydrogens is 402 g/mol. The molecule has 0 saturated heterocycles. The predicted octanol–water partition coefficient (Wildman–Crippen LogP) is 3.95. The summed E-state index contributed by atoms with van der Waals surface area (Å²) in [5.41, 5.74) is 3.29. The summed E-state index contributed by atoms with van der Waals surface area (Å²) in [5, 5.41) is 12.9. The number of nitrogens with zero attached hydrogens (tertiary/aromatic N) is 5. The zero-order valence-corrected chi connectivity index (χ0v) is 17.9. The van der Waals surface area contributed by atoms with E-state index in [1.807, 2.05) is 66.3 Å². The van der Waals surface area contributed by atoms with Gasteiger partial charge in [-0.3, -0.25) is 13.9 Å². The topological polar surface area (TPSA) is 88.0 Å². The summed E-state index contributed by atoms with van der Waals surface area (Å²) in [6.07, 6.45) is 1.63. The number of hydrogen-bond acceptors (Lipinski definition) is 7. The van der Waals surface area contributed by atoms with E-state index in [-0.39, 0.29) is 11.5 Å². The van der Waals surface area contributed by atoms with Gasteiger partial charge in [-0.25, -0.2) is 0 Å². The lowest BCUT2D eigenvalue weighted by molar-refractivity contribution is 0.102. The lowest BCUT2D eigenvalue weighted by Crippen LogP contribution is -2.06. The number of benzene rings is 1. The van der Waals surface area contributed by atoms with Crippen LogP contribution in [0.15, 0.2) is 52.4 Å². The lowest BCUT2D eigenvalue weighted by Gasteiger charge is -2.08. The van der Waals surface area contributed by atoms with Gasteiger partial charge in [0.2, 0.25) is 0 Å². The second-order valence-electron chi connectivity index (χ2n) is 6.81. The van der Waals surface area contributed by atoms with E-state index in [1.165, 1.54) is 11.8 Å². The molecular formula is C21H21N5O3S. The lowest BCUT2D eigenvalue weighted by atomic mass is 10.2. The summed E-state index contributed by atoms with van der Waals surface area (Å²) in [6.45, 7) is 5.69. The second-order valence-corrected chi connectivity index (χ2v) is 7.76. The van der Waals surface area contributed by atoms with Crippen LogP contribution in [0, 0.1) is 20.8 Å². The van der Waals surface area contributed by atoms with Crippen molar-refractivity contribution in [3.8, 4) is 17.3 Å². The number of rotatable bonds is 7. The Morgan fingerprint density at radius 2 is 2.03 bits per heavy atom. The van der Waals surface area contributed by atoms with Gasteiger partial charge in [-0.2, -0.15) is 0 Å². The van der Waals surface area contributed by atoms with Crippen LogP contribution in [0.25, 0.3) is 11.5 Å². The summed E-state index contributed by atoms with van der Waals surface area (Å²) < 4.78 is 14.2. The van der Waals surface area contributed by atoms with E-state index in [4.69, 9.17) is 9.26 Å². The third-order valence-corrected chi connectivity index (χ3v) is 5.70. The van der Waals surface area contributed by atoms with Gasteiger partial charge in [0.25, 0.3) is 0 Å². The molecule has 0 aliphatic carbocycles. The highest BCUT2D eigenvalue weighted by molar-refractivity contribution is 7.99. The maximum Gasteiger partial charge on any atom is 0.196 e. The molecule has 3 aromatic heterocycles. The molecule has 0 atom stereocenters. The van der Waals surface area contributed by atoms with Crippen LogP contribution in [0.3, 0.4) is 0 Å². The van der Waals surface area contributed by atoms with Crippen molar-refractivity contribution in [1.82, 2.24) is 24.5 Å². The number of thioether (sulfide) groups is 1. The molecule has 0 aliphatic rings. The Hall–Kier alpha value is -3.33. The molecule has 0 bridgehead atoms. The van der Waals surface area contributed by atoms with E-state index in [9.17, 15) is 4.79 Å². The number of carbonyl (C=O) groups excluding carboxylic acids is 1. The monoisotopic (exact) mass is 423 g/mol. The Morgan fingerprint density at radius 1 is 1.20 bits per heavy atom. The number of ketones is 1. The van der Waals surface area contributed by atoms with E-state index >= 15 is 0 Å². The SMILES string of the molecule is COc1cccc(-n2cnnc2SCC(=O)c2cc(C)n(-c3cc(C)on3)c2C)c1. The van der Waals surface area contributed by atoms with E-state index in [0.29, 0.717) is 16.5 Å². The molecule has 1 aromatic carbocycles. The Balaban J connectivity index is 1.54. The Labute approximate surface area is 177 Å². The quantitative estimate of drug-likeness (QED) is 0.328. The Morgan fingerprint density at radius 3 is 2.77 bits per heavy atom. The van der Waals surface area contributed by atoms with Crippen molar-refractivity contribution in [3.05, 3.63) is 65.4 Å². The van der Waals surface area contributed by atoms with Crippen LogP contribution in [-0.4, -0.2) is 43.1 Å². The van der Waals surface area contributed by atoms with Crippen LogP contribution in [0.4, 0.5) is 0 Å². The average Bonchev–Trinajstić information content (AvgIpc) is 3.45. The van der Waals surface area contributed by atoms with E-state index in [0.717, 1.165) is 28.6 Å². The molecule has 0 spiro atoms. The van der Waals surface area contributed by atoms with Crippen molar-refractivity contribution in [2.45, 2.75) is 25.9 Å². The highest BCUT2D eigenvalue weighted by Gasteiger charge is 2.19. The fourth-order valence-electron chi connectivity index (χ4n) is 3.32. The maximum atomic E-state index is 13.0. The second kappa shape index (κ2) is 8.19. The molecule has 0 saturated carbocycles. The molecule has 0 radical (unpaired) electrons. The molecule has 0 fully saturated rings. The highest BCUT2D eigenvalue weighted by Crippen LogP contribution is 2.25. The molecule has 0 unspecified atom stereocenters. The van der Waals surface area contributed by atoms with Crippen molar-refractivity contribution >= 4 is 17.5 Å². The zero-order valence-electron chi connectivity index (χ0n) is 17.1. The van der Waals surface area contributed by atoms with Crippen LogP contribution in [0.5, 0.6) is 5.75 Å². The number of ether oxygens (including phenoxy) is 1. The largest absolute Gasteiger partial charge is 0.497 e. The third-order valence-electron chi connectivity index (χ3n) is 4.76. The van der Waals surface area contributed by atoms with Crippen molar-refractivity contribution in [2.75, 3.05) is 12.9 Å². The van der Waals surface area contributed by atoms with Gasteiger partial charge in [0, 0.05) is 29.1 Å². The molecule has 8 nitrogen and oxygen atoms in total. The number of aryl methyl sites for hydroxylation is 2. The van der Waals surface area contributed by atoms with Gasteiger partial charge in [0.15, 0.2) is 16.8 Å². The van der Waals surface area contributed by atoms with Crippen molar-refractivity contribution in [2.24, 2.45) is 0 Å². The average molecular weight is 423 g/mol. The number of methoxy groups -OCH3 is 1. The highest BCUT2D eigenvalue weighted by atomic mass is 32.2. The van der Waals surface area contributed by atoms with Gasteiger partial charge in [-0.05, 0) is 39.0 Å². The molecule has 0 amide bonds. The van der Waals surface area contributed by atoms with Crippen LogP contribution in [0.1, 0.15) is 27.5 Å². The van der Waals surface area contributed by atoms with Gasteiger partial charge in [0.1, 0.15) is 17.8 Å². The van der Waals surface area contributed by atoms with Crippen LogP contribution in [-0.2, 0) is 0 Å². The maximum absolute atomic E-state index is 13.0. The smallest absolute Gasteiger partial charge is 0.196 e. The van der Waals surface area contributed by atoms with E-state index < -0.39 is 0 Å². The first-order valence-corrected chi connectivity index (χ1v) is 10.3. The fourth-order valence-corrected chi connectivity index (χ4v) is 4.14. The molecule has 0 aliphatic heterocycles. The van der Waals surface area contributed by atoms with Gasteiger partial charge >= 0.3 is 0 Å². The molecule has 4 aromatic rings. The first-order valence-electron chi connectivity index (χ1n) is 9.31. The minimum absolute atomic E-state index is 0.0137. The summed E-state index contributed by atoms with van der Waals surface area (Å²) in [5.74, 6) is 2.39. The van der Waals surface area contributed by atoms with E-state index in [1.54, 1.807) is 13.4 Å². The Bertz CT molecular complexity index is 1210. The minimum Gasteiger partial charge on any atom is -0.497 e. The van der Waals surface area contributed by atoms with Crippen LogP contribution in [0.2, 0.25) is 0 Å². The molecule has 9 heteroatoms. The first kappa shape index (κ1) is 20.0. The van der Waals surface area contributed by atoms with Crippen LogP contribution < -0.4 is 4.74 Å². The summed E-state index contributed by atoms with van der Waals surface area (Å²) in [7, 11) is 1.62. The molecule has 0 N–H and O–H groups in total. The number of carbonyl (C=O) groups is 1. The predicted molar refractivity (Wildman–Crippen MR) is 113 cm³/mol. The number of aromatic nitrogens is 5. The van der Waals surface area contributed by atoms with Gasteiger partial charge in [0.05, 0.1) is 18.6 Å². The standard InChI is InChI=1S/C21H21N5O3S/c1-13-8-18(15(3)26(13)20-9-14(2)29-24-20)19(27)11-30-21-23-22-12-25(21)16-6-5-7-17(10-16)28-4/h5-10,12H,11H2,1-4H3. The third kappa shape index (κ3) is 3.76. The molecule has 3 heterocycles. The zero-order chi connectivity index (χ0) is 21.3. The van der Waals surface area contributed by atoms with E-state index in [2.05, 4.69) is 15.4 Å². The molecule has 4 rings (SSSR count). The van der Waals surface area contributed by atoms with Crippen molar-refractivity contribution < 1.29 is 14.1 Å². The summed E-state index contributed by atoms with van der Waals surface area (Å²) >= 11 is 1.34. The summed E-state index contributed by atoms with van der Waals surface area (Å²) in [4.78, 5) is 13.0. The van der Waals surface area contributed by atoms with Gasteiger partial charge < -0.3 is 9.26 Å². The number of Topliss-reactive ketones (excluding diaryl/α,β-unsaturated/α-hetero) is 1. The molecule has 154 valence electrons. The van der Waals surface area contributed by atoms with Gasteiger partial charge in [-0.15, -0.1) is 10.2 Å².